The molecule has 1 unspecified atom stereocenters. The smallest absolute Gasteiger partial charge is 0.166 e. The highest BCUT2D eigenvalue weighted by Crippen LogP contribution is 2.22. The lowest BCUT2D eigenvalue weighted by Crippen LogP contribution is -2.44. The second-order valence-corrected chi connectivity index (χ2v) is 5.83. The summed E-state index contributed by atoms with van der Waals surface area (Å²) >= 11 is 5.83. The molecule has 4 nitrogen and oxygen atoms in total. The fraction of sp³-hybridized carbons (Fsp3) is 0.533. The van der Waals surface area contributed by atoms with Crippen LogP contribution in [-0.2, 0) is 0 Å². The second kappa shape index (κ2) is 8.71. The average Bonchev–Trinajstić information content (AvgIpc) is 2.48. The number of aliphatic hydroxyl groups is 1. The third-order valence-electron chi connectivity index (χ3n) is 3.81. The molecule has 0 aliphatic carbocycles. The van der Waals surface area contributed by atoms with E-state index in [1.165, 1.54) is 0 Å². The fourth-order valence-corrected chi connectivity index (χ4v) is 2.74. The molecular weight excluding hydrogens is 311 g/mol. The van der Waals surface area contributed by atoms with E-state index in [0.717, 1.165) is 31.5 Å². The number of carbonyl (C=O) groups is 1. The maximum Gasteiger partial charge on any atom is 0.166 e. The summed E-state index contributed by atoms with van der Waals surface area (Å²) in [4.78, 5) is 14.6. The van der Waals surface area contributed by atoms with E-state index in [9.17, 15) is 4.79 Å². The van der Waals surface area contributed by atoms with Crippen molar-refractivity contribution in [1.82, 2.24) is 4.90 Å². The largest absolute Gasteiger partial charge is 0.395 e. The maximum absolute atomic E-state index is 12.4. The summed E-state index contributed by atoms with van der Waals surface area (Å²) < 4.78 is 0. The predicted molar refractivity (Wildman–Crippen MR) is 87.3 cm³/mol. The molecule has 118 valence electrons. The normalized spacial score (nSPS) is 18.0. The van der Waals surface area contributed by atoms with Crippen molar-refractivity contribution < 1.29 is 9.90 Å². The predicted octanol–water partition coefficient (Wildman–Crippen LogP) is 1.98. The van der Waals surface area contributed by atoms with Crippen LogP contribution < -0.4 is 5.73 Å². The average molecular weight is 333 g/mol. The number of nitrogens with zero attached hydrogens (tertiary/aromatic N) is 1. The summed E-state index contributed by atoms with van der Waals surface area (Å²) in [5, 5.41) is 9.61. The zero-order valence-electron chi connectivity index (χ0n) is 11.9. The molecule has 0 bridgehead atoms. The molecule has 3 N–H and O–H groups in total. The number of nitrogens with two attached hydrogens (primary N) is 1. The highest BCUT2D eigenvalue weighted by molar-refractivity contribution is 6.30. The number of piperidine rings is 1. The number of likely N-dealkylation sites (tertiary alicyclic amines) is 1. The monoisotopic (exact) mass is 332 g/mol. The van der Waals surface area contributed by atoms with Crippen molar-refractivity contribution in [2.24, 2.45) is 11.7 Å². The van der Waals surface area contributed by atoms with Gasteiger partial charge >= 0.3 is 0 Å². The van der Waals surface area contributed by atoms with Crippen LogP contribution in [0.1, 0.15) is 23.2 Å². The van der Waals surface area contributed by atoms with E-state index in [2.05, 4.69) is 4.90 Å². The molecule has 0 saturated carbocycles. The molecule has 1 fully saturated rings. The molecule has 0 aromatic heterocycles. The molecule has 1 aliphatic heterocycles. The summed E-state index contributed by atoms with van der Waals surface area (Å²) in [5.41, 5.74) is 6.47. The van der Waals surface area contributed by atoms with Crippen molar-refractivity contribution in [2.45, 2.75) is 18.9 Å². The molecule has 1 aromatic rings. The van der Waals surface area contributed by atoms with Gasteiger partial charge in [-0.05, 0) is 50.2 Å². The molecule has 1 atom stereocenters. The van der Waals surface area contributed by atoms with Gasteiger partial charge in [0.2, 0.25) is 0 Å². The Bertz CT molecular complexity index is 445. The Hall–Kier alpha value is -0.650. The van der Waals surface area contributed by atoms with Crippen LogP contribution >= 0.6 is 24.0 Å². The van der Waals surface area contributed by atoms with Gasteiger partial charge in [0.15, 0.2) is 5.78 Å². The highest BCUT2D eigenvalue weighted by Gasteiger charge is 2.26. The van der Waals surface area contributed by atoms with E-state index in [-0.39, 0.29) is 36.8 Å². The van der Waals surface area contributed by atoms with Gasteiger partial charge in [0.05, 0.1) is 6.61 Å². The van der Waals surface area contributed by atoms with E-state index in [1.807, 2.05) is 0 Å². The van der Waals surface area contributed by atoms with Crippen molar-refractivity contribution in [3.8, 4) is 0 Å². The maximum atomic E-state index is 12.4. The Morgan fingerprint density at radius 2 is 1.90 bits per heavy atom. The van der Waals surface area contributed by atoms with Crippen LogP contribution in [0.15, 0.2) is 24.3 Å². The first-order valence-electron chi connectivity index (χ1n) is 6.98. The lowest BCUT2D eigenvalue weighted by atomic mass is 9.89. The SMILES string of the molecule is Cl.NC(CO)CN1CCC(C(=O)c2ccc(Cl)cc2)CC1. The van der Waals surface area contributed by atoms with Gasteiger partial charge in [-0.2, -0.15) is 0 Å². The minimum Gasteiger partial charge on any atom is -0.395 e. The minimum absolute atomic E-state index is 0. The lowest BCUT2D eigenvalue weighted by Gasteiger charge is -2.32. The number of Topliss-reactive ketones (excluding diaryl/α,β-unsaturated/α-hetero) is 1. The van der Waals surface area contributed by atoms with Gasteiger partial charge in [-0.1, -0.05) is 11.6 Å². The van der Waals surface area contributed by atoms with E-state index >= 15 is 0 Å². The summed E-state index contributed by atoms with van der Waals surface area (Å²) in [6.07, 6.45) is 1.69. The summed E-state index contributed by atoms with van der Waals surface area (Å²) in [6, 6.07) is 6.89. The van der Waals surface area contributed by atoms with Gasteiger partial charge in [0, 0.05) is 29.1 Å². The molecule has 1 heterocycles. The molecule has 6 heteroatoms. The second-order valence-electron chi connectivity index (χ2n) is 5.39. The molecule has 1 saturated heterocycles. The molecule has 0 amide bonds. The number of benzene rings is 1. The number of aliphatic hydroxyl groups excluding tert-OH is 1. The van der Waals surface area contributed by atoms with Crippen molar-refractivity contribution in [2.75, 3.05) is 26.2 Å². The molecule has 1 aliphatic rings. The van der Waals surface area contributed by atoms with E-state index in [1.54, 1.807) is 24.3 Å². The molecule has 0 spiro atoms. The van der Waals surface area contributed by atoms with Crippen LogP contribution in [0, 0.1) is 5.92 Å². The van der Waals surface area contributed by atoms with Crippen molar-refractivity contribution >= 4 is 29.8 Å². The Morgan fingerprint density at radius 3 is 2.43 bits per heavy atom. The first-order valence-corrected chi connectivity index (χ1v) is 7.36. The van der Waals surface area contributed by atoms with E-state index < -0.39 is 0 Å². The molecular formula is C15H22Cl2N2O2. The van der Waals surface area contributed by atoms with Gasteiger partial charge in [0.1, 0.15) is 0 Å². The number of ketones is 1. The molecule has 2 rings (SSSR count). The van der Waals surface area contributed by atoms with Crippen molar-refractivity contribution in [1.29, 1.82) is 0 Å². The first kappa shape index (κ1) is 18.4. The van der Waals surface area contributed by atoms with Gasteiger partial charge in [0.25, 0.3) is 0 Å². The van der Waals surface area contributed by atoms with Crippen molar-refractivity contribution in [3.63, 3.8) is 0 Å². The Balaban J connectivity index is 0.00000220. The number of hydrogen-bond acceptors (Lipinski definition) is 4. The standard InChI is InChI=1S/C15H21ClN2O2.ClH/c16-13-3-1-11(2-4-13)15(20)12-5-7-18(8-6-12)9-14(17)10-19;/h1-4,12,14,19H,5-10,17H2;1H. The molecule has 1 aromatic carbocycles. The van der Waals surface area contributed by atoms with Gasteiger partial charge < -0.3 is 15.7 Å². The minimum atomic E-state index is -0.196. The van der Waals surface area contributed by atoms with Gasteiger partial charge in [-0.15, -0.1) is 12.4 Å². The highest BCUT2D eigenvalue weighted by atomic mass is 35.5. The van der Waals surface area contributed by atoms with E-state index in [4.69, 9.17) is 22.4 Å². The zero-order valence-corrected chi connectivity index (χ0v) is 13.4. The molecule has 0 radical (unpaired) electrons. The van der Waals surface area contributed by atoms with Crippen LogP contribution in [0.2, 0.25) is 5.02 Å². The van der Waals surface area contributed by atoms with Crippen LogP contribution in [0.3, 0.4) is 0 Å². The van der Waals surface area contributed by atoms with E-state index in [0.29, 0.717) is 11.6 Å². The van der Waals surface area contributed by atoms with Crippen LogP contribution in [0.4, 0.5) is 0 Å². The Labute approximate surface area is 136 Å². The third-order valence-corrected chi connectivity index (χ3v) is 4.07. The van der Waals surface area contributed by atoms with Crippen LogP contribution in [0.5, 0.6) is 0 Å². The van der Waals surface area contributed by atoms with Crippen molar-refractivity contribution in [3.05, 3.63) is 34.9 Å². The summed E-state index contributed by atoms with van der Waals surface area (Å²) in [6.45, 7) is 2.41. The number of halogens is 2. The molecule has 21 heavy (non-hydrogen) atoms. The number of hydrogen-bond donors (Lipinski definition) is 2. The summed E-state index contributed by atoms with van der Waals surface area (Å²) in [7, 11) is 0. The van der Waals surface area contributed by atoms with Crippen LogP contribution in [-0.4, -0.2) is 48.1 Å². The Morgan fingerprint density at radius 1 is 1.33 bits per heavy atom. The summed E-state index contributed by atoms with van der Waals surface area (Å²) in [5.74, 6) is 0.283. The first-order chi connectivity index (χ1) is 9.60. The zero-order chi connectivity index (χ0) is 14.5. The third kappa shape index (κ3) is 5.24. The lowest BCUT2D eigenvalue weighted by molar-refractivity contribution is 0.0827. The number of carbonyl (C=O) groups excluding carboxylic acids is 1. The topological polar surface area (TPSA) is 66.6 Å². The Kier molecular flexibility index (Phi) is 7.63. The van der Waals surface area contributed by atoms with Gasteiger partial charge in [-0.3, -0.25) is 4.79 Å². The van der Waals surface area contributed by atoms with Crippen LogP contribution in [0.25, 0.3) is 0 Å². The number of rotatable bonds is 5. The van der Waals surface area contributed by atoms with Gasteiger partial charge in [-0.25, -0.2) is 0 Å². The quantitative estimate of drug-likeness (QED) is 0.809. The fourth-order valence-electron chi connectivity index (χ4n) is 2.62.